The number of benzene rings is 3. The first-order valence-electron chi connectivity index (χ1n) is 11.2. The molecule has 1 aliphatic heterocycles. The van der Waals surface area contributed by atoms with Crippen LogP contribution < -0.4 is 24.7 Å². The first-order chi connectivity index (χ1) is 16.9. The average molecular weight is 471 g/mol. The standard InChI is InChI=1S/C28H26N2O5/c1-4-32-20-9-6-19(7-10-20)27-23-12-11-22(14-25(23)35-28(30)24(27)15-29)34-26(31)16-33-21-8-5-17(2)18(3)13-21/h5-14,27H,4,16,30H2,1-3H3. The lowest BCUT2D eigenvalue weighted by molar-refractivity contribution is -0.136. The van der Waals surface area contributed by atoms with Gasteiger partial charge in [-0.1, -0.05) is 24.3 Å². The summed E-state index contributed by atoms with van der Waals surface area (Å²) in [5.74, 6) is 1.08. The maximum Gasteiger partial charge on any atom is 0.349 e. The van der Waals surface area contributed by atoms with Gasteiger partial charge in [-0.2, -0.15) is 5.26 Å². The van der Waals surface area contributed by atoms with E-state index in [0.29, 0.717) is 23.7 Å². The first kappa shape index (κ1) is 23.7. The molecule has 7 heteroatoms. The van der Waals surface area contributed by atoms with Crippen molar-refractivity contribution in [1.82, 2.24) is 0 Å². The van der Waals surface area contributed by atoms with E-state index in [1.54, 1.807) is 18.2 Å². The number of allylic oxidation sites excluding steroid dienone is 1. The van der Waals surface area contributed by atoms with Gasteiger partial charge in [0.05, 0.1) is 12.5 Å². The fourth-order valence-corrected chi connectivity index (χ4v) is 3.87. The van der Waals surface area contributed by atoms with Gasteiger partial charge >= 0.3 is 5.97 Å². The van der Waals surface area contributed by atoms with E-state index in [1.165, 1.54) is 0 Å². The highest BCUT2D eigenvalue weighted by Crippen LogP contribution is 2.43. The normalized spacial score (nSPS) is 14.4. The summed E-state index contributed by atoms with van der Waals surface area (Å²) in [6, 6.07) is 20.3. The number of carbonyl (C=O) groups excluding carboxylic acids is 1. The minimum atomic E-state index is -0.553. The van der Waals surface area contributed by atoms with Gasteiger partial charge in [0.25, 0.3) is 0 Å². The SMILES string of the molecule is CCOc1ccc(C2C(C#N)=C(N)Oc3cc(OC(=O)COc4ccc(C)c(C)c4)ccc32)cc1. The van der Waals surface area contributed by atoms with Crippen LogP contribution in [0.15, 0.2) is 72.1 Å². The second-order valence-corrected chi connectivity index (χ2v) is 8.14. The molecule has 1 unspecified atom stereocenters. The fourth-order valence-electron chi connectivity index (χ4n) is 3.87. The monoisotopic (exact) mass is 470 g/mol. The van der Waals surface area contributed by atoms with Crippen LogP contribution in [-0.2, 0) is 4.79 Å². The average Bonchev–Trinajstić information content (AvgIpc) is 2.84. The summed E-state index contributed by atoms with van der Waals surface area (Å²) in [4.78, 5) is 12.4. The molecule has 0 spiro atoms. The zero-order valence-corrected chi connectivity index (χ0v) is 19.8. The molecule has 1 aliphatic rings. The Bertz CT molecular complexity index is 1320. The van der Waals surface area contributed by atoms with Crippen LogP contribution in [0, 0.1) is 25.2 Å². The van der Waals surface area contributed by atoms with Crippen molar-refractivity contribution in [3.05, 3.63) is 94.4 Å². The van der Waals surface area contributed by atoms with Crippen LogP contribution in [0.3, 0.4) is 0 Å². The smallest absolute Gasteiger partial charge is 0.349 e. The molecule has 0 aromatic heterocycles. The zero-order valence-electron chi connectivity index (χ0n) is 19.8. The van der Waals surface area contributed by atoms with Crippen molar-refractivity contribution in [2.45, 2.75) is 26.7 Å². The molecular weight excluding hydrogens is 444 g/mol. The predicted octanol–water partition coefficient (Wildman–Crippen LogP) is 4.90. The molecule has 0 aliphatic carbocycles. The van der Waals surface area contributed by atoms with Gasteiger partial charge in [-0.05, 0) is 67.8 Å². The van der Waals surface area contributed by atoms with Crippen molar-refractivity contribution in [3.63, 3.8) is 0 Å². The van der Waals surface area contributed by atoms with E-state index in [2.05, 4.69) is 6.07 Å². The number of rotatable bonds is 7. The van der Waals surface area contributed by atoms with Crippen molar-refractivity contribution in [2.75, 3.05) is 13.2 Å². The van der Waals surface area contributed by atoms with Crippen LogP contribution in [0.2, 0.25) is 0 Å². The molecule has 3 aromatic carbocycles. The molecule has 0 bridgehead atoms. The van der Waals surface area contributed by atoms with Gasteiger partial charge in [0, 0.05) is 11.6 Å². The predicted molar refractivity (Wildman–Crippen MR) is 130 cm³/mol. The van der Waals surface area contributed by atoms with Crippen LogP contribution in [0.4, 0.5) is 0 Å². The number of aryl methyl sites for hydroxylation is 2. The number of nitrogens with two attached hydrogens (primary N) is 1. The van der Waals surface area contributed by atoms with Crippen LogP contribution in [0.5, 0.6) is 23.0 Å². The Morgan fingerprint density at radius 3 is 2.37 bits per heavy atom. The number of nitrogens with zero attached hydrogens (tertiary/aromatic N) is 1. The first-order valence-corrected chi connectivity index (χ1v) is 11.2. The summed E-state index contributed by atoms with van der Waals surface area (Å²) in [5, 5.41) is 9.74. The number of carbonyl (C=O) groups is 1. The molecule has 0 amide bonds. The Balaban J connectivity index is 1.52. The minimum Gasteiger partial charge on any atom is -0.494 e. The Morgan fingerprint density at radius 1 is 0.971 bits per heavy atom. The Labute approximate surface area is 204 Å². The molecule has 2 N–H and O–H groups in total. The zero-order chi connectivity index (χ0) is 24.9. The maximum absolute atomic E-state index is 12.4. The van der Waals surface area contributed by atoms with Gasteiger partial charge in [-0.3, -0.25) is 0 Å². The van der Waals surface area contributed by atoms with E-state index in [-0.39, 0.29) is 18.2 Å². The molecule has 4 rings (SSSR count). The third-order valence-electron chi connectivity index (χ3n) is 5.78. The van der Waals surface area contributed by atoms with Crippen molar-refractivity contribution in [3.8, 4) is 29.1 Å². The molecule has 35 heavy (non-hydrogen) atoms. The van der Waals surface area contributed by atoms with E-state index in [0.717, 1.165) is 28.0 Å². The van der Waals surface area contributed by atoms with Gasteiger partial charge in [0.2, 0.25) is 5.88 Å². The summed E-state index contributed by atoms with van der Waals surface area (Å²) < 4.78 is 22.2. The number of hydrogen-bond donors (Lipinski definition) is 1. The molecule has 3 aromatic rings. The molecular formula is C28H26N2O5. The Kier molecular flexibility index (Phi) is 6.93. The second-order valence-electron chi connectivity index (χ2n) is 8.14. The lowest BCUT2D eigenvalue weighted by Crippen LogP contribution is -2.21. The summed E-state index contributed by atoms with van der Waals surface area (Å²) in [7, 11) is 0. The third kappa shape index (κ3) is 5.22. The second kappa shape index (κ2) is 10.2. The highest BCUT2D eigenvalue weighted by molar-refractivity contribution is 5.74. The van der Waals surface area contributed by atoms with E-state index in [9.17, 15) is 10.1 Å². The highest BCUT2D eigenvalue weighted by atomic mass is 16.6. The molecule has 7 nitrogen and oxygen atoms in total. The van der Waals surface area contributed by atoms with Gasteiger partial charge in [0.15, 0.2) is 6.61 Å². The Hall–Kier alpha value is -4.44. The van der Waals surface area contributed by atoms with Crippen molar-refractivity contribution in [1.29, 1.82) is 5.26 Å². The lowest BCUT2D eigenvalue weighted by atomic mass is 9.83. The summed E-state index contributed by atoms with van der Waals surface area (Å²) in [6.45, 7) is 6.22. The minimum absolute atomic E-state index is 0.0143. The van der Waals surface area contributed by atoms with E-state index in [4.69, 9.17) is 24.7 Å². The lowest BCUT2D eigenvalue weighted by Gasteiger charge is -2.26. The molecule has 1 heterocycles. The maximum atomic E-state index is 12.4. The number of fused-ring (bicyclic) bond motifs is 1. The molecule has 0 fully saturated rings. The molecule has 178 valence electrons. The highest BCUT2D eigenvalue weighted by Gasteiger charge is 2.31. The summed E-state index contributed by atoms with van der Waals surface area (Å²) in [5.41, 5.74) is 10.2. The fraction of sp³-hybridized carbons (Fsp3) is 0.214. The van der Waals surface area contributed by atoms with E-state index >= 15 is 0 Å². The van der Waals surface area contributed by atoms with Crippen molar-refractivity contribution >= 4 is 5.97 Å². The van der Waals surface area contributed by atoms with E-state index in [1.807, 2.05) is 63.2 Å². The number of hydrogen-bond acceptors (Lipinski definition) is 7. The van der Waals surface area contributed by atoms with Crippen LogP contribution >= 0.6 is 0 Å². The van der Waals surface area contributed by atoms with Gasteiger partial charge in [-0.15, -0.1) is 0 Å². The largest absolute Gasteiger partial charge is 0.494 e. The number of ether oxygens (including phenoxy) is 4. The van der Waals surface area contributed by atoms with Crippen molar-refractivity contribution in [2.24, 2.45) is 5.73 Å². The molecule has 1 atom stereocenters. The van der Waals surface area contributed by atoms with E-state index < -0.39 is 11.9 Å². The third-order valence-corrected chi connectivity index (χ3v) is 5.78. The Morgan fingerprint density at radius 2 is 1.69 bits per heavy atom. The summed E-state index contributed by atoms with van der Waals surface area (Å²) in [6.07, 6.45) is 0. The molecule has 0 radical (unpaired) electrons. The van der Waals surface area contributed by atoms with Crippen molar-refractivity contribution < 1.29 is 23.7 Å². The van der Waals surface area contributed by atoms with Crippen LogP contribution in [0.1, 0.15) is 35.1 Å². The quantitative estimate of drug-likeness (QED) is 0.387. The number of nitriles is 1. The van der Waals surface area contributed by atoms with Gasteiger partial charge in [0.1, 0.15) is 34.6 Å². The van der Waals surface area contributed by atoms with Crippen LogP contribution in [0.25, 0.3) is 0 Å². The molecule has 0 saturated carbocycles. The molecule has 0 saturated heterocycles. The topological polar surface area (TPSA) is 104 Å². The van der Waals surface area contributed by atoms with Gasteiger partial charge < -0.3 is 24.7 Å². The van der Waals surface area contributed by atoms with Gasteiger partial charge in [-0.25, -0.2) is 4.79 Å². The van der Waals surface area contributed by atoms with Crippen LogP contribution in [-0.4, -0.2) is 19.2 Å². The summed E-state index contributed by atoms with van der Waals surface area (Å²) >= 11 is 0. The number of esters is 1.